The number of anilines is 1. The van der Waals surface area contributed by atoms with Crippen LogP contribution in [0.15, 0.2) is 54.6 Å². The molecule has 0 spiro atoms. The van der Waals surface area contributed by atoms with Crippen molar-refractivity contribution in [3.8, 4) is 11.5 Å². The molecule has 2 rings (SSSR count). The highest BCUT2D eigenvalue weighted by Gasteiger charge is 2.27. The van der Waals surface area contributed by atoms with Gasteiger partial charge in [-0.1, -0.05) is 18.2 Å². The topological polar surface area (TPSA) is 88.2 Å². The van der Waals surface area contributed by atoms with Gasteiger partial charge in [0.25, 0.3) is 0 Å². The summed E-state index contributed by atoms with van der Waals surface area (Å²) in [7, 11) is 0.614. The van der Waals surface area contributed by atoms with E-state index in [1.165, 1.54) is 14.1 Å². The van der Waals surface area contributed by atoms with E-state index in [0.29, 0.717) is 11.4 Å². The molecule has 2 aromatic carbocycles. The standard InChI is InChI=1S/C20H27N3O5S/c1-16(15-28-19-12-10-18(27-4)11-13-19)21-20(24)14-23(29(25,26)22(2)3)17-8-6-5-7-9-17/h5-13,16H,14-15H2,1-4H3,(H,21,24)/t16-/m0/s1. The molecule has 158 valence electrons. The van der Waals surface area contributed by atoms with Gasteiger partial charge in [0.1, 0.15) is 24.7 Å². The first-order valence-corrected chi connectivity index (χ1v) is 10.4. The van der Waals surface area contributed by atoms with Gasteiger partial charge >= 0.3 is 10.2 Å². The summed E-state index contributed by atoms with van der Waals surface area (Å²) in [6, 6.07) is 15.3. The Morgan fingerprint density at radius 1 is 1.03 bits per heavy atom. The predicted octanol–water partition coefficient (Wildman–Crippen LogP) is 1.89. The van der Waals surface area contributed by atoms with E-state index in [9.17, 15) is 13.2 Å². The Morgan fingerprint density at radius 3 is 2.17 bits per heavy atom. The van der Waals surface area contributed by atoms with Crippen molar-refractivity contribution in [2.24, 2.45) is 0 Å². The zero-order chi connectivity index (χ0) is 21.4. The Bertz CT molecular complexity index is 886. The normalized spacial score (nSPS) is 12.3. The minimum Gasteiger partial charge on any atom is -0.497 e. The highest BCUT2D eigenvalue weighted by Crippen LogP contribution is 2.19. The Morgan fingerprint density at radius 2 is 1.62 bits per heavy atom. The number of carbonyl (C=O) groups is 1. The van der Waals surface area contributed by atoms with Gasteiger partial charge < -0.3 is 14.8 Å². The van der Waals surface area contributed by atoms with Crippen molar-refractivity contribution in [1.29, 1.82) is 0 Å². The largest absolute Gasteiger partial charge is 0.497 e. The van der Waals surface area contributed by atoms with Crippen molar-refractivity contribution in [2.75, 3.05) is 38.7 Å². The molecule has 0 fully saturated rings. The molecule has 1 N–H and O–H groups in total. The maximum Gasteiger partial charge on any atom is 0.304 e. The second-order valence-electron chi connectivity index (χ2n) is 6.59. The molecule has 0 unspecified atom stereocenters. The third kappa shape index (κ3) is 6.37. The molecule has 0 radical (unpaired) electrons. The van der Waals surface area contributed by atoms with Crippen molar-refractivity contribution in [1.82, 2.24) is 9.62 Å². The van der Waals surface area contributed by atoms with Gasteiger partial charge in [0.15, 0.2) is 0 Å². The Hall–Kier alpha value is -2.78. The number of hydrogen-bond acceptors (Lipinski definition) is 5. The average Bonchev–Trinajstić information content (AvgIpc) is 2.71. The number of nitrogens with one attached hydrogen (secondary N) is 1. The lowest BCUT2D eigenvalue weighted by Crippen LogP contribution is -2.48. The van der Waals surface area contributed by atoms with Gasteiger partial charge in [0.2, 0.25) is 5.91 Å². The monoisotopic (exact) mass is 421 g/mol. The molecule has 29 heavy (non-hydrogen) atoms. The molecule has 1 atom stereocenters. The Balaban J connectivity index is 1.98. The molecule has 0 aromatic heterocycles. The van der Waals surface area contributed by atoms with Crippen molar-refractivity contribution >= 4 is 21.8 Å². The summed E-state index contributed by atoms with van der Waals surface area (Å²) in [5.41, 5.74) is 0.415. The van der Waals surface area contributed by atoms with Crippen LogP contribution in [0.5, 0.6) is 11.5 Å². The van der Waals surface area contributed by atoms with Crippen molar-refractivity contribution < 1.29 is 22.7 Å². The van der Waals surface area contributed by atoms with Crippen LogP contribution in [-0.4, -0.2) is 59.0 Å². The molecule has 0 bridgehead atoms. The fraction of sp³-hybridized carbons (Fsp3) is 0.350. The summed E-state index contributed by atoms with van der Waals surface area (Å²) >= 11 is 0. The Kier molecular flexibility index (Phi) is 7.86. The second-order valence-corrected chi connectivity index (χ2v) is 8.65. The van der Waals surface area contributed by atoms with Crippen molar-refractivity contribution in [2.45, 2.75) is 13.0 Å². The lowest BCUT2D eigenvalue weighted by Gasteiger charge is -2.27. The van der Waals surface area contributed by atoms with E-state index in [1.54, 1.807) is 68.6 Å². The SMILES string of the molecule is COc1ccc(OC[C@H](C)NC(=O)CN(c2ccccc2)S(=O)(=O)N(C)C)cc1. The molecule has 0 aliphatic rings. The highest BCUT2D eigenvalue weighted by atomic mass is 32.2. The molecule has 0 saturated carbocycles. The van der Waals surface area contributed by atoms with Crippen LogP contribution in [0.25, 0.3) is 0 Å². The number of benzene rings is 2. The van der Waals surface area contributed by atoms with Crippen LogP contribution in [0.3, 0.4) is 0 Å². The first-order valence-electron chi connectivity index (χ1n) is 9.05. The number of ether oxygens (including phenoxy) is 2. The van der Waals surface area contributed by atoms with E-state index in [0.717, 1.165) is 14.4 Å². The van der Waals surface area contributed by atoms with E-state index in [1.807, 2.05) is 0 Å². The van der Waals surface area contributed by atoms with E-state index >= 15 is 0 Å². The third-order valence-electron chi connectivity index (χ3n) is 4.04. The molecule has 1 amide bonds. The first-order chi connectivity index (χ1) is 13.7. The number of rotatable bonds is 10. The lowest BCUT2D eigenvalue weighted by molar-refractivity contribution is -0.120. The average molecular weight is 422 g/mol. The van der Waals surface area contributed by atoms with Crippen molar-refractivity contribution in [3.63, 3.8) is 0 Å². The molecular formula is C20H27N3O5S. The third-order valence-corrected chi connectivity index (χ3v) is 5.86. The van der Waals surface area contributed by atoms with Gasteiger partial charge in [0.05, 0.1) is 18.8 Å². The summed E-state index contributed by atoms with van der Waals surface area (Å²) in [6.45, 7) is 1.69. The minimum absolute atomic E-state index is 0.240. The van der Waals surface area contributed by atoms with Crippen LogP contribution in [0.2, 0.25) is 0 Å². The summed E-state index contributed by atoms with van der Waals surface area (Å²) in [6.07, 6.45) is 0. The van der Waals surface area contributed by atoms with E-state index in [2.05, 4.69) is 5.32 Å². The maximum absolute atomic E-state index is 12.7. The van der Waals surface area contributed by atoms with Crippen LogP contribution < -0.4 is 19.1 Å². The maximum atomic E-state index is 12.7. The van der Waals surface area contributed by atoms with Crippen LogP contribution in [0, 0.1) is 0 Å². The summed E-state index contributed by atoms with van der Waals surface area (Å²) in [4.78, 5) is 12.5. The summed E-state index contributed by atoms with van der Waals surface area (Å²) < 4.78 is 38.2. The fourth-order valence-electron chi connectivity index (χ4n) is 2.48. The number of nitrogens with zero attached hydrogens (tertiary/aromatic N) is 2. The van der Waals surface area contributed by atoms with Crippen molar-refractivity contribution in [3.05, 3.63) is 54.6 Å². The molecule has 0 aliphatic carbocycles. The zero-order valence-corrected chi connectivity index (χ0v) is 17.8. The molecule has 0 aliphatic heterocycles. The number of hydrogen-bond donors (Lipinski definition) is 1. The van der Waals surface area contributed by atoms with Gasteiger partial charge in [-0.15, -0.1) is 0 Å². The molecular weight excluding hydrogens is 394 g/mol. The lowest BCUT2D eigenvalue weighted by atomic mass is 10.3. The second kappa shape index (κ2) is 10.1. The molecule has 8 nitrogen and oxygen atoms in total. The number of para-hydroxylation sites is 1. The fourth-order valence-corrected chi connectivity index (χ4v) is 3.55. The number of carbonyl (C=O) groups excluding carboxylic acids is 1. The van der Waals surface area contributed by atoms with E-state index in [4.69, 9.17) is 9.47 Å². The molecule has 0 saturated heterocycles. The van der Waals surface area contributed by atoms with Gasteiger partial charge in [-0.2, -0.15) is 12.7 Å². The molecule has 0 heterocycles. The quantitative estimate of drug-likeness (QED) is 0.633. The molecule has 9 heteroatoms. The van der Waals surface area contributed by atoms with E-state index < -0.39 is 16.1 Å². The Labute approximate surface area is 172 Å². The summed E-state index contributed by atoms with van der Waals surface area (Å²) in [5, 5.41) is 2.77. The van der Waals surface area contributed by atoms with Gasteiger partial charge in [-0.05, 0) is 43.3 Å². The highest BCUT2D eigenvalue weighted by molar-refractivity contribution is 7.90. The van der Waals surface area contributed by atoms with Crippen LogP contribution >= 0.6 is 0 Å². The van der Waals surface area contributed by atoms with Gasteiger partial charge in [0, 0.05) is 14.1 Å². The smallest absolute Gasteiger partial charge is 0.304 e. The van der Waals surface area contributed by atoms with Crippen LogP contribution in [0.1, 0.15) is 6.92 Å². The molecule has 2 aromatic rings. The first kappa shape index (κ1) is 22.5. The van der Waals surface area contributed by atoms with Crippen LogP contribution in [-0.2, 0) is 15.0 Å². The summed E-state index contributed by atoms with van der Waals surface area (Å²) in [5.74, 6) is 0.944. The number of amides is 1. The van der Waals surface area contributed by atoms with Crippen LogP contribution in [0.4, 0.5) is 5.69 Å². The zero-order valence-electron chi connectivity index (χ0n) is 17.0. The minimum atomic E-state index is -3.82. The van der Waals surface area contributed by atoms with Gasteiger partial charge in [-0.25, -0.2) is 4.31 Å². The predicted molar refractivity (Wildman–Crippen MR) is 112 cm³/mol. The van der Waals surface area contributed by atoms with E-state index in [-0.39, 0.29) is 19.2 Å². The van der Waals surface area contributed by atoms with Gasteiger partial charge in [-0.3, -0.25) is 4.79 Å². The number of methoxy groups -OCH3 is 1.